The SMILES string of the molecule is O=C(CC1Sc2ccccc2NC1=O)Nc1ccccc1N1CCc2ccccc21. The lowest BCUT2D eigenvalue weighted by molar-refractivity contribution is -0.120. The van der Waals surface area contributed by atoms with Crippen LogP contribution in [0.1, 0.15) is 12.0 Å². The van der Waals surface area contributed by atoms with Crippen LogP contribution < -0.4 is 15.5 Å². The van der Waals surface area contributed by atoms with Crippen LogP contribution in [-0.2, 0) is 16.0 Å². The van der Waals surface area contributed by atoms with Crippen LogP contribution in [0.3, 0.4) is 0 Å². The molecule has 6 heteroatoms. The van der Waals surface area contributed by atoms with Gasteiger partial charge in [-0.3, -0.25) is 9.59 Å². The first-order valence-electron chi connectivity index (χ1n) is 10.00. The summed E-state index contributed by atoms with van der Waals surface area (Å²) in [5.74, 6) is -0.294. The van der Waals surface area contributed by atoms with Gasteiger partial charge in [-0.25, -0.2) is 0 Å². The van der Waals surface area contributed by atoms with Crippen molar-refractivity contribution in [1.82, 2.24) is 0 Å². The summed E-state index contributed by atoms with van der Waals surface area (Å²) < 4.78 is 0. The summed E-state index contributed by atoms with van der Waals surface area (Å²) >= 11 is 1.44. The smallest absolute Gasteiger partial charge is 0.238 e. The fourth-order valence-electron chi connectivity index (χ4n) is 4.00. The van der Waals surface area contributed by atoms with Gasteiger partial charge in [-0.15, -0.1) is 11.8 Å². The molecule has 0 aliphatic carbocycles. The molecule has 0 saturated heterocycles. The number of carbonyl (C=O) groups excluding carboxylic acids is 2. The Balaban J connectivity index is 1.33. The summed E-state index contributed by atoms with van der Waals surface area (Å²) in [6, 6.07) is 23.8. The number of hydrogen-bond donors (Lipinski definition) is 2. The second kappa shape index (κ2) is 7.88. The zero-order valence-electron chi connectivity index (χ0n) is 16.3. The van der Waals surface area contributed by atoms with Crippen LogP contribution in [0.5, 0.6) is 0 Å². The number of anilines is 4. The molecule has 0 fully saturated rings. The Morgan fingerprint density at radius 1 is 1.00 bits per heavy atom. The van der Waals surface area contributed by atoms with Crippen LogP contribution in [0, 0.1) is 0 Å². The topological polar surface area (TPSA) is 61.4 Å². The number of nitrogens with zero attached hydrogens (tertiary/aromatic N) is 1. The molecule has 0 aromatic heterocycles. The van der Waals surface area contributed by atoms with Gasteiger partial charge in [0.05, 0.1) is 22.3 Å². The molecule has 2 amide bonds. The van der Waals surface area contributed by atoms with E-state index in [-0.39, 0.29) is 18.2 Å². The largest absolute Gasteiger partial charge is 0.339 e. The van der Waals surface area contributed by atoms with Crippen LogP contribution in [0.2, 0.25) is 0 Å². The van der Waals surface area contributed by atoms with Crippen molar-refractivity contribution in [3.8, 4) is 0 Å². The molecule has 0 bridgehead atoms. The Morgan fingerprint density at radius 2 is 1.73 bits per heavy atom. The molecule has 0 radical (unpaired) electrons. The van der Waals surface area contributed by atoms with E-state index in [1.165, 1.54) is 23.0 Å². The predicted molar refractivity (Wildman–Crippen MR) is 122 cm³/mol. The van der Waals surface area contributed by atoms with Crippen LogP contribution in [0.25, 0.3) is 0 Å². The monoisotopic (exact) mass is 415 g/mol. The maximum atomic E-state index is 12.8. The second-order valence-corrected chi connectivity index (χ2v) is 8.64. The zero-order chi connectivity index (χ0) is 20.5. The highest BCUT2D eigenvalue weighted by atomic mass is 32.2. The van der Waals surface area contributed by atoms with Crippen molar-refractivity contribution in [1.29, 1.82) is 0 Å². The van der Waals surface area contributed by atoms with E-state index in [1.807, 2.05) is 54.6 Å². The van der Waals surface area contributed by atoms with Crippen LogP contribution in [-0.4, -0.2) is 23.6 Å². The van der Waals surface area contributed by atoms with Crippen molar-refractivity contribution in [2.24, 2.45) is 0 Å². The maximum absolute atomic E-state index is 12.8. The van der Waals surface area contributed by atoms with Gasteiger partial charge in [-0.1, -0.05) is 42.5 Å². The fraction of sp³-hybridized carbons (Fsp3) is 0.167. The summed E-state index contributed by atoms with van der Waals surface area (Å²) in [7, 11) is 0. The Morgan fingerprint density at radius 3 is 2.63 bits per heavy atom. The third-order valence-corrected chi connectivity index (χ3v) is 6.71. The van der Waals surface area contributed by atoms with E-state index in [9.17, 15) is 9.59 Å². The number of nitrogens with one attached hydrogen (secondary N) is 2. The number of amides is 2. The van der Waals surface area contributed by atoms with Crippen molar-refractivity contribution in [3.05, 3.63) is 78.4 Å². The average molecular weight is 416 g/mol. The van der Waals surface area contributed by atoms with Gasteiger partial charge < -0.3 is 15.5 Å². The molecule has 0 saturated carbocycles. The number of hydrogen-bond acceptors (Lipinski definition) is 4. The highest BCUT2D eigenvalue weighted by Crippen LogP contribution is 2.39. The van der Waals surface area contributed by atoms with Crippen molar-refractivity contribution in [2.45, 2.75) is 23.0 Å². The van der Waals surface area contributed by atoms with Crippen molar-refractivity contribution >= 4 is 46.3 Å². The normalized spacial score (nSPS) is 17.1. The van der Waals surface area contributed by atoms with Gasteiger partial charge in [-0.05, 0) is 42.3 Å². The summed E-state index contributed by atoms with van der Waals surface area (Å²) in [6.45, 7) is 0.879. The van der Waals surface area contributed by atoms with Gasteiger partial charge >= 0.3 is 0 Å². The summed E-state index contributed by atoms with van der Waals surface area (Å²) in [4.78, 5) is 28.5. The van der Waals surface area contributed by atoms with Gasteiger partial charge in [0, 0.05) is 23.5 Å². The lowest BCUT2D eigenvalue weighted by Crippen LogP contribution is -2.32. The first-order chi connectivity index (χ1) is 14.7. The van der Waals surface area contributed by atoms with Crippen LogP contribution in [0.15, 0.2) is 77.7 Å². The van der Waals surface area contributed by atoms with Crippen LogP contribution in [0.4, 0.5) is 22.7 Å². The lowest BCUT2D eigenvalue weighted by Gasteiger charge is -2.25. The van der Waals surface area contributed by atoms with E-state index in [0.717, 1.165) is 34.9 Å². The van der Waals surface area contributed by atoms with Gasteiger partial charge in [0.2, 0.25) is 11.8 Å². The molecule has 1 atom stereocenters. The van der Waals surface area contributed by atoms with Gasteiger partial charge in [-0.2, -0.15) is 0 Å². The maximum Gasteiger partial charge on any atom is 0.238 e. The first kappa shape index (κ1) is 18.8. The van der Waals surface area contributed by atoms with Gasteiger partial charge in [0.1, 0.15) is 0 Å². The highest BCUT2D eigenvalue weighted by Gasteiger charge is 2.29. The van der Waals surface area contributed by atoms with Crippen molar-refractivity contribution < 1.29 is 9.59 Å². The van der Waals surface area contributed by atoms with E-state index >= 15 is 0 Å². The Bertz CT molecular complexity index is 1130. The van der Waals surface area contributed by atoms with E-state index in [2.05, 4.69) is 33.7 Å². The molecule has 2 aliphatic heterocycles. The molecule has 3 aromatic carbocycles. The minimum absolute atomic E-state index is 0.121. The molecule has 0 spiro atoms. The number of thioether (sulfide) groups is 1. The van der Waals surface area contributed by atoms with E-state index in [4.69, 9.17) is 0 Å². The molecule has 1 unspecified atom stereocenters. The minimum Gasteiger partial charge on any atom is -0.339 e. The van der Waals surface area contributed by atoms with E-state index in [1.54, 1.807) is 0 Å². The Kier molecular flexibility index (Phi) is 4.93. The van der Waals surface area contributed by atoms with E-state index in [0.29, 0.717) is 0 Å². The van der Waals surface area contributed by atoms with Crippen molar-refractivity contribution in [2.75, 3.05) is 22.1 Å². The van der Waals surface area contributed by atoms with Crippen LogP contribution >= 0.6 is 11.8 Å². The minimum atomic E-state index is -0.445. The third-order valence-electron chi connectivity index (χ3n) is 5.43. The Labute approximate surface area is 179 Å². The molecule has 2 heterocycles. The molecule has 150 valence electrons. The number of fused-ring (bicyclic) bond motifs is 2. The Hall–Kier alpha value is -3.25. The molecule has 3 aromatic rings. The molecule has 2 aliphatic rings. The molecule has 5 nitrogen and oxygen atoms in total. The fourth-order valence-corrected chi connectivity index (χ4v) is 5.11. The standard InChI is InChI=1S/C24H21N3O2S/c28-23(15-22-24(29)26-18-9-3-6-12-21(18)30-22)25-17-8-2-5-11-20(17)27-14-13-16-7-1-4-10-19(16)27/h1-12,22H,13-15H2,(H,25,28)(H,26,29). The number of para-hydroxylation sites is 4. The van der Waals surface area contributed by atoms with Gasteiger partial charge in [0.15, 0.2) is 0 Å². The molecular formula is C24H21N3O2S. The highest BCUT2D eigenvalue weighted by molar-refractivity contribution is 8.01. The first-order valence-corrected chi connectivity index (χ1v) is 10.9. The second-order valence-electron chi connectivity index (χ2n) is 7.39. The van der Waals surface area contributed by atoms with Crippen molar-refractivity contribution in [3.63, 3.8) is 0 Å². The molecular weight excluding hydrogens is 394 g/mol. The third kappa shape index (κ3) is 3.55. The molecule has 2 N–H and O–H groups in total. The summed E-state index contributed by atoms with van der Waals surface area (Å²) in [5.41, 5.74) is 5.04. The lowest BCUT2D eigenvalue weighted by atomic mass is 10.1. The van der Waals surface area contributed by atoms with E-state index < -0.39 is 5.25 Å². The summed E-state index contributed by atoms with van der Waals surface area (Å²) in [6.07, 6.45) is 1.10. The molecule has 5 rings (SSSR count). The summed E-state index contributed by atoms with van der Waals surface area (Å²) in [5, 5.41) is 5.49. The number of carbonyl (C=O) groups is 2. The zero-order valence-corrected chi connectivity index (χ0v) is 17.1. The number of benzene rings is 3. The quantitative estimate of drug-likeness (QED) is 0.641. The predicted octanol–water partition coefficient (Wildman–Crippen LogP) is 4.82. The average Bonchev–Trinajstić information content (AvgIpc) is 3.19. The number of rotatable bonds is 4. The molecule has 30 heavy (non-hydrogen) atoms. The van der Waals surface area contributed by atoms with Gasteiger partial charge in [0.25, 0.3) is 0 Å².